The van der Waals surface area contributed by atoms with Crippen molar-refractivity contribution in [2.45, 2.75) is 112 Å². The fourth-order valence-corrected chi connectivity index (χ4v) is 8.68. The van der Waals surface area contributed by atoms with Crippen molar-refractivity contribution < 1.29 is 5.11 Å². The zero-order valence-corrected chi connectivity index (χ0v) is 20.2. The summed E-state index contributed by atoms with van der Waals surface area (Å²) < 4.78 is 0. The van der Waals surface area contributed by atoms with Crippen LogP contribution in [0.15, 0.2) is 11.6 Å². The van der Waals surface area contributed by atoms with Gasteiger partial charge in [-0.25, -0.2) is 0 Å². The predicted octanol–water partition coefficient (Wildman–Crippen LogP) is 7.63. The number of hydrogen-bond donors (Lipinski definition) is 1. The van der Waals surface area contributed by atoms with Gasteiger partial charge in [0.1, 0.15) is 0 Å². The van der Waals surface area contributed by atoms with Crippen molar-refractivity contribution in [2.75, 3.05) is 0 Å². The molecule has 1 N–H and O–H groups in total. The van der Waals surface area contributed by atoms with Crippen LogP contribution in [0, 0.1) is 52.3 Å². The van der Waals surface area contributed by atoms with Crippen molar-refractivity contribution in [3.63, 3.8) is 0 Å². The molecule has 9 atom stereocenters. The summed E-state index contributed by atoms with van der Waals surface area (Å²) in [6.07, 6.45) is 15.7. The Bertz CT molecular complexity index is 620. The Labute approximate surface area is 181 Å². The standard InChI is InChI=1S/C28H48O/c1-18(2)19(3)7-8-20(4)24-11-12-25-23-10-9-21-17-22(29)13-15-27(21,5)26(23)14-16-28(24,25)6/h9,18-20,22-26,29H,7-8,10-17H2,1-6H3/t19-,20-,22?,23+,24-,25+,26+,27+,28-/m1/s1. The molecule has 29 heavy (non-hydrogen) atoms. The molecule has 0 heterocycles. The minimum Gasteiger partial charge on any atom is -0.393 e. The molecule has 4 aliphatic rings. The van der Waals surface area contributed by atoms with Gasteiger partial charge in [0.15, 0.2) is 0 Å². The average Bonchev–Trinajstić information content (AvgIpc) is 3.03. The van der Waals surface area contributed by atoms with Crippen LogP contribution < -0.4 is 0 Å². The summed E-state index contributed by atoms with van der Waals surface area (Å²) in [6.45, 7) is 15.1. The minimum atomic E-state index is -0.0790. The maximum absolute atomic E-state index is 10.2. The summed E-state index contributed by atoms with van der Waals surface area (Å²) in [7, 11) is 0. The summed E-state index contributed by atoms with van der Waals surface area (Å²) in [5.74, 6) is 6.24. The Kier molecular flexibility index (Phi) is 6.04. The lowest BCUT2D eigenvalue weighted by Gasteiger charge is -2.58. The molecule has 0 aliphatic heterocycles. The predicted molar refractivity (Wildman–Crippen MR) is 124 cm³/mol. The van der Waals surface area contributed by atoms with Crippen molar-refractivity contribution >= 4 is 0 Å². The van der Waals surface area contributed by atoms with Crippen molar-refractivity contribution in [3.05, 3.63) is 11.6 Å². The Morgan fingerprint density at radius 3 is 2.45 bits per heavy atom. The van der Waals surface area contributed by atoms with Crippen molar-refractivity contribution in [3.8, 4) is 0 Å². The van der Waals surface area contributed by atoms with Crippen LogP contribution in [0.4, 0.5) is 0 Å². The molecule has 0 saturated heterocycles. The highest BCUT2D eigenvalue weighted by molar-refractivity contribution is 5.25. The zero-order chi connectivity index (χ0) is 21.0. The maximum atomic E-state index is 10.2. The fraction of sp³-hybridized carbons (Fsp3) is 0.929. The number of aliphatic hydroxyl groups excluding tert-OH is 1. The van der Waals surface area contributed by atoms with E-state index in [9.17, 15) is 5.11 Å². The Morgan fingerprint density at radius 1 is 0.966 bits per heavy atom. The van der Waals surface area contributed by atoms with E-state index in [4.69, 9.17) is 0 Å². The van der Waals surface area contributed by atoms with E-state index in [0.717, 1.165) is 54.3 Å². The molecule has 0 aromatic carbocycles. The highest BCUT2D eigenvalue weighted by Crippen LogP contribution is 2.67. The van der Waals surface area contributed by atoms with Gasteiger partial charge in [-0.15, -0.1) is 0 Å². The molecule has 1 nitrogen and oxygen atoms in total. The van der Waals surface area contributed by atoms with Gasteiger partial charge in [-0.1, -0.05) is 66.0 Å². The van der Waals surface area contributed by atoms with Gasteiger partial charge in [-0.2, -0.15) is 0 Å². The van der Waals surface area contributed by atoms with Crippen LogP contribution in [0.1, 0.15) is 106 Å². The Hall–Kier alpha value is -0.300. The van der Waals surface area contributed by atoms with Gasteiger partial charge in [-0.05, 0) is 104 Å². The van der Waals surface area contributed by atoms with Gasteiger partial charge in [0.25, 0.3) is 0 Å². The van der Waals surface area contributed by atoms with E-state index in [0.29, 0.717) is 10.8 Å². The minimum absolute atomic E-state index is 0.0790. The van der Waals surface area contributed by atoms with Crippen molar-refractivity contribution in [1.82, 2.24) is 0 Å². The largest absolute Gasteiger partial charge is 0.393 e. The quantitative estimate of drug-likeness (QED) is 0.470. The summed E-state index contributed by atoms with van der Waals surface area (Å²) in [6, 6.07) is 0. The van der Waals surface area contributed by atoms with Crippen LogP contribution in [0.5, 0.6) is 0 Å². The number of fused-ring (bicyclic) bond motifs is 5. The number of rotatable bonds is 5. The molecule has 1 unspecified atom stereocenters. The summed E-state index contributed by atoms with van der Waals surface area (Å²) in [5.41, 5.74) is 2.59. The van der Waals surface area contributed by atoms with E-state index >= 15 is 0 Å². The first-order valence-electron chi connectivity index (χ1n) is 13.0. The second-order valence-electron chi connectivity index (χ2n) is 12.7. The molecule has 3 fully saturated rings. The highest BCUT2D eigenvalue weighted by Gasteiger charge is 2.59. The molecule has 0 spiro atoms. The number of hydrogen-bond acceptors (Lipinski definition) is 1. The van der Waals surface area contributed by atoms with Gasteiger partial charge in [0.05, 0.1) is 6.10 Å². The smallest absolute Gasteiger partial charge is 0.0577 e. The van der Waals surface area contributed by atoms with Crippen molar-refractivity contribution in [1.29, 1.82) is 0 Å². The Balaban J connectivity index is 1.49. The Morgan fingerprint density at radius 2 is 1.72 bits per heavy atom. The van der Waals surface area contributed by atoms with Crippen LogP contribution in [-0.4, -0.2) is 11.2 Å². The molecule has 0 radical (unpaired) electrons. The maximum Gasteiger partial charge on any atom is 0.0577 e. The lowest BCUT2D eigenvalue weighted by Crippen LogP contribution is -2.50. The molecule has 0 aromatic rings. The summed E-state index contributed by atoms with van der Waals surface area (Å²) >= 11 is 0. The van der Waals surface area contributed by atoms with Gasteiger partial charge >= 0.3 is 0 Å². The zero-order valence-electron chi connectivity index (χ0n) is 20.2. The molecule has 4 aliphatic carbocycles. The highest BCUT2D eigenvalue weighted by atomic mass is 16.3. The third-order valence-electron chi connectivity index (χ3n) is 11.1. The summed E-state index contributed by atoms with van der Waals surface area (Å²) in [5, 5.41) is 10.2. The number of aliphatic hydroxyl groups is 1. The monoisotopic (exact) mass is 400 g/mol. The lowest BCUT2D eigenvalue weighted by atomic mass is 9.47. The average molecular weight is 401 g/mol. The molecular formula is C28H48O. The summed E-state index contributed by atoms with van der Waals surface area (Å²) in [4.78, 5) is 0. The SMILES string of the molecule is CC(C)[C@H](C)CC[C@@H](C)[C@H]1CC[C@H]2[C@@H]3CC=C4CC(O)CC[C@]4(C)[C@H]3CC[C@]12C. The van der Waals surface area contributed by atoms with Crippen LogP contribution in [-0.2, 0) is 0 Å². The third kappa shape index (κ3) is 3.66. The fourth-order valence-electron chi connectivity index (χ4n) is 8.68. The first-order valence-corrected chi connectivity index (χ1v) is 13.0. The first kappa shape index (κ1) is 21.9. The molecule has 1 heteroatoms. The van der Waals surface area contributed by atoms with E-state index in [-0.39, 0.29) is 6.10 Å². The van der Waals surface area contributed by atoms with E-state index in [2.05, 4.69) is 47.6 Å². The molecule has 3 saturated carbocycles. The number of allylic oxidation sites excluding steroid dienone is 1. The molecule has 166 valence electrons. The van der Waals surface area contributed by atoms with Crippen molar-refractivity contribution in [2.24, 2.45) is 52.3 Å². The van der Waals surface area contributed by atoms with Gasteiger partial charge < -0.3 is 5.11 Å². The van der Waals surface area contributed by atoms with Gasteiger partial charge in [-0.3, -0.25) is 0 Å². The molecular weight excluding hydrogens is 352 g/mol. The normalized spacial score (nSPS) is 46.5. The third-order valence-corrected chi connectivity index (χ3v) is 11.1. The first-order chi connectivity index (χ1) is 13.7. The van der Waals surface area contributed by atoms with Crippen LogP contribution in [0.2, 0.25) is 0 Å². The molecule has 4 rings (SSSR count). The van der Waals surface area contributed by atoms with Crippen LogP contribution >= 0.6 is 0 Å². The van der Waals surface area contributed by atoms with Crippen LogP contribution in [0.3, 0.4) is 0 Å². The van der Waals surface area contributed by atoms with E-state index in [1.54, 1.807) is 5.57 Å². The molecule has 0 aromatic heterocycles. The lowest BCUT2D eigenvalue weighted by molar-refractivity contribution is -0.0574. The molecule has 0 amide bonds. The topological polar surface area (TPSA) is 20.2 Å². The van der Waals surface area contributed by atoms with E-state index in [1.807, 2.05) is 0 Å². The second-order valence-corrected chi connectivity index (χ2v) is 12.7. The molecule has 0 bridgehead atoms. The second kappa shape index (κ2) is 7.99. The van der Waals surface area contributed by atoms with E-state index < -0.39 is 0 Å². The van der Waals surface area contributed by atoms with Gasteiger partial charge in [0, 0.05) is 0 Å². The van der Waals surface area contributed by atoms with E-state index in [1.165, 1.54) is 51.4 Å². The van der Waals surface area contributed by atoms with Gasteiger partial charge in [0.2, 0.25) is 0 Å². The van der Waals surface area contributed by atoms with Crippen LogP contribution in [0.25, 0.3) is 0 Å².